The first-order valence-corrected chi connectivity index (χ1v) is 9.94. The van der Waals surface area contributed by atoms with Crippen LogP contribution in [0.3, 0.4) is 0 Å². The van der Waals surface area contributed by atoms with E-state index in [1.807, 2.05) is 0 Å². The molecule has 2 aromatic heterocycles. The standard InChI is InChI=1S/C19H16BrCl2N5O2/c1-10-6-12(21)8-13(18(28)26-23-2)16(10)25-19(29)15-7-11(20)9-27(15)14-4-3-5-24-17(14)22/h3-9,23H,1-2H3,(H,25,29)(H,26,28). The van der Waals surface area contributed by atoms with Crippen molar-refractivity contribution in [3.05, 3.63) is 74.2 Å². The van der Waals surface area contributed by atoms with E-state index in [1.165, 1.54) is 6.07 Å². The van der Waals surface area contributed by atoms with Gasteiger partial charge in [-0.05, 0) is 58.7 Å². The lowest BCUT2D eigenvalue weighted by atomic mass is 10.1. The molecule has 0 fully saturated rings. The molecule has 3 aromatic rings. The highest BCUT2D eigenvalue weighted by Gasteiger charge is 2.21. The molecule has 0 aliphatic carbocycles. The van der Waals surface area contributed by atoms with Crippen molar-refractivity contribution in [2.45, 2.75) is 6.92 Å². The predicted molar refractivity (Wildman–Crippen MR) is 117 cm³/mol. The van der Waals surface area contributed by atoms with E-state index < -0.39 is 11.8 Å². The number of rotatable bonds is 5. The van der Waals surface area contributed by atoms with Crippen LogP contribution in [-0.2, 0) is 0 Å². The van der Waals surface area contributed by atoms with Crippen molar-refractivity contribution in [2.75, 3.05) is 12.4 Å². The maximum absolute atomic E-state index is 13.1. The van der Waals surface area contributed by atoms with Crippen molar-refractivity contribution >= 4 is 56.6 Å². The van der Waals surface area contributed by atoms with E-state index in [-0.39, 0.29) is 10.7 Å². The quantitative estimate of drug-likeness (QED) is 0.361. The summed E-state index contributed by atoms with van der Waals surface area (Å²) in [6.45, 7) is 1.75. The van der Waals surface area contributed by atoms with Crippen LogP contribution in [0.4, 0.5) is 5.69 Å². The number of nitrogens with zero attached hydrogens (tertiary/aromatic N) is 2. The van der Waals surface area contributed by atoms with Crippen molar-refractivity contribution in [3.63, 3.8) is 0 Å². The summed E-state index contributed by atoms with van der Waals surface area (Å²) in [5.74, 6) is -0.861. The number of carbonyl (C=O) groups excluding carboxylic acids is 2. The molecule has 0 bridgehead atoms. The number of hydrogen-bond acceptors (Lipinski definition) is 4. The zero-order valence-electron chi connectivity index (χ0n) is 15.4. The van der Waals surface area contributed by atoms with Crippen LogP contribution in [0.5, 0.6) is 0 Å². The molecule has 0 spiro atoms. The first-order valence-electron chi connectivity index (χ1n) is 8.39. The minimum Gasteiger partial charge on any atom is -0.320 e. The first-order chi connectivity index (χ1) is 13.8. The monoisotopic (exact) mass is 495 g/mol. The second-order valence-corrected chi connectivity index (χ2v) is 7.74. The normalized spacial score (nSPS) is 10.7. The van der Waals surface area contributed by atoms with E-state index in [2.05, 4.69) is 37.1 Å². The van der Waals surface area contributed by atoms with Gasteiger partial charge in [0.05, 0.1) is 16.9 Å². The number of nitrogens with one attached hydrogen (secondary N) is 3. The molecule has 0 atom stereocenters. The minimum atomic E-state index is -0.431. The molecule has 29 heavy (non-hydrogen) atoms. The molecule has 3 rings (SSSR count). The minimum absolute atomic E-state index is 0.231. The van der Waals surface area contributed by atoms with Crippen molar-refractivity contribution in [1.29, 1.82) is 0 Å². The summed E-state index contributed by atoms with van der Waals surface area (Å²) in [5.41, 5.74) is 7.13. The second kappa shape index (κ2) is 8.96. The number of aryl methyl sites for hydroxylation is 1. The third kappa shape index (κ3) is 4.62. The lowest BCUT2D eigenvalue weighted by Gasteiger charge is -2.16. The van der Waals surface area contributed by atoms with Gasteiger partial charge in [-0.25, -0.2) is 10.4 Å². The highest BCUT2D eigenvalue weighted by molar-refractivity contribution is 9.10. The maximum atomic E-state index is 13.1. The van der Waals surface area contributed by atoms with Crippen LogP contribution in [-0.4, -0.2) is 28.4 Å². The van der Waals surface area contributed by atoms with Gasteiger partial charge in [-0.3, -0.25) is 15.0 Å². The fraction of sp³-hybridized carbons (Fsp3) is 0.105. The Bertz CT molecular complexity index is 1100. The van der Waals surface area contributed by atoms with Crippen molar-refractivity contribution in [2.24, 2.45) is 0 Å². The number of amides is 2. The number of pyridine rings is 1. The van der Waals surface area contributed by atoms with Crippen LogP contribution < -0.4 is 16.2 Å². The smallest absolute Gasteiger partial charge is 0.272 e. The molecule has 0 unspecified atom stereocenters. The molecule has 1 aromatic carbocycles. The number of benzene rings is 1. The number of anilines is 1. The SMILES string of the molecule is CNNC(=O)c1cc(Cl)cc(C)c1NC(=O)c1cc(Br)cn1-c1cccnc1Cl. The van der Waals surface area contributed by atoms with Crippen molar-refractivity contribution in [3.8, 4) is 5.69 Å². The van der Waals surface area contributed by atoms with Crippen LogP contribution in [0.2, 0.25) is 10.2 Å². The Kier molecular flexibility index (Phi) is 6.59. The summed E-state index contributed by atoms with van der Waals surface area (Å²) < 4.78 is 2.30. The largest absolute Gasteiger partial charge is 0.320 e. The number of halogens is 3. The number of aromatic nitrogens is 2. The zero-order valence-corrected chi connectivity index (χ0v) is 18.5. The van der Waals surface area contributed by atoms with Crippen LogP contribution in [0.15, 0.2) is 47.2 Å². The van der Waals surface area contributed by atoms with Gasteiger partial charge in [0, 0.05) is 28.9 Å². The van der Waals surface area contributed by atoms with E-state index in [1.54, 1.807) is 55.2 Å². The summed E-state index contributed by atoms with van der Waals surface area (Å²) in [6.07, 6.45) is 3.27. The van der Waals surface area contributed by atoms with Gasteiger partial charge in [-0.15, -0.1) is 0 Å². The van der Waals surface area contributed by atoms with E-state index in [4.69, 9.17) is 23.2 Å². The highest BCUT2D eigenvalue weighted by atomic mass is 79.9. The zero-order chi connectivity index (χ0) is 21.1. The molecule has 0 aliphatic rings. The Morgan fingerprint density at radius 3 is 2.62 bits per heavy atom. The Morgan fingerprint density at radius 1 is 1.17 bits per heavy atom. The average molecular weight is 497 g/mol. The van der Waals surface area contributed by atoms with Crippen molar-refractivity contribution in [1.82, 2.24) is 20.4 Å². The maximum Gasteiger partial charge on any atom is 0.272 e. The third-order valence-electron chi connectivity index (χ3n) is 4.04. The van der Waals surface area contributed by atoms with Crippen LogP contribution in [0, 0.1) is 6.92 Å². The topological polar surface area (TPSA) is 88.0 Å². The van der Waals surface area contributed by atoms with Gasteiger partial charge < -0.3 is 9.88 Å². The summed E-state index contributed by atoms with van der Waals surface area (Å²) in [7, 11) is 1.57. The molecule has 3 N–H and O–H groups in total. The molecule has 0 aliphatic heterocycles. The summed E-state index contributed by atoms with van der Waals surface area (Å²) in [4.78, 5) is 29.6. The van der Waals surface area contributed by atoms with Gasteiger partial charge in [0.2, 0.25) is 0 Å². The van der Waals surface area contributed by atoms with E-state index >= 15 is 0 Å². The lowest BCUT2D eigenvalue weighted by molar-refractivity contribution is 0.0939. The van der Waals surface area contributed by atoms with Gasteiger partial charge in [0.25, 0.3) is 11.8 Å². The molecular formula is C19H16BrCl2N5O2. The summed E-state index contributed by atoms with van der Waals surface area (Å²) >= 11 is 15.7. The number of carbonyl (C=O) groups is 2. The number of hydrazine groups is 1. The second-order valence-electron chi connectivity index (χ2n) is 6.03. The molecule has 150 valence electrons. The molecule has 0 saturated heterocycles. The molecule has 0 saturated carbocycles. The predicted octanol–water partition coefficient (Wildman–Crippen LogP) is 4.37. The molecule has 0 radical (unpaired) electrons. The highest BCUT2D eigenvalue weighted by Crippen LogP contribution is 2.28. The van der Waals surface area contributed by atoms with Crippen molar-refractivity contribution < 1.29 is 9.59 Å². The van der Waals surface area contributed by atoms with E-state index in [0.717, 1.165) is 0 Å². The number of hydrogen-bond donors (Lipinski definition) is 3. The fourth-order valence-electron chi connectivity index (χ4n) is 2.81. The van der Waals surface area contributed by atoms with Crippen LogP contribution >= 0.6 is 39.1 Å². The van der Waals surface area contributed by atoms with Gasteiger partial charge >= 0.3 is 0 Å². The van der Waals surface area contributed by atoms with Crippen LogP contribution in [0.1, 0.15) is 26.4 Å². The van der Waals surface area contributed by atoms with Gasteiger partial charge in [0.15, 0.2) is 5.15 Å². The molecular weight excluding hydrogens is 481 g/mol. The Hall–Kier alpha value is -2.39. The average Bonchev–Trinajstić information content (AvgIpc) is 3.05. The van der Waals surface area contributed by atoms with Crippen LogP contribution in [0.25, 0.3) is 5.69 Å². The summed E-state index contributed by atoms with van der Waals surface area (Å²) in [6, 6.07) is 8.28. The summed E-state index contributed by atoms with van der Waals surface area (Å²) in [5, 5.41) is 3.45. The Balaban J connectivity index is 2.03. The fourth-order valence-corrected chi connectivity index (χ4v) is 3.71. The Morgan fingerprint density at radius 2 is 1.93 bits per heavy atom. The Labute approximate surface area is 185 Å². The van der Waals surface area contributed by atoms with Gasteiger partial charge in [-0.1, -0.05) is 23.2 Å². The first kappa shape index (κ1) is 21.3. The lowest BCUT2D eigenvalue weighted by Crippen LogP contribution is -2.35. The molecule has 2 heterocycles. The van der Waals surface area contributed by atoms with E-state index in [9.17, 15) is 9.59 Å². The third-order valence-corrected chi connectivity index (χ3v) is 4.98. The molecule has 7 nitrogen and oxygen atoms in total. The molecule has 2 amide bonds. The van der Waals surface area contributed by atoms with Gasteiger partial charge in [-0.2, -0.15) is 0 Å². The van der Waals surface area contributed by atoms with Gasteiger partial charge in [0.1, 0.15) is 5.69 Å². The molecule has 10 heteroatoms. The van der Waals surface area contributed by atoms with E-state index in [0.29, 0.717) is 32.1 Å².